The second kappa shape index (κ2) is 6.00. The number of rotatable bonds is 5. The highest BCUT2D eigenvalue weighted by atomic mass is 79.9. The van der Waals surface area contributed by atoms with Crippen LogP contribution in [0.5, 0.6) is 0 Å². The van der Waals surface area contributed by atoms with Crippen molar-refractivity contribution in [3.05, 3.63) is 29.3 Å². The van der Waals surface area contributed by atoms with E-state index in [0.717, 1.165) is 6.42 Å². The van der Waals surface area contributed by atoms with Gasteiger partial charge in [0.1, 0.15) is 0 Å². The van der Waals surface area contributed by atoms with Crippen molar-refractivity contribution in [3.8, 4) is 0 Å². The molecule has 3 nitrogen and oxygen atoms in total. The van der Waals surface area contributed by atoms with Crippen LogP contribution in [0.4, 0.5) is 0 Å². The van der Waals surface area contributed by atoms with Gasteiger partial charge in [0.15, 0.2) is 0 Å². The van der Waals surface area contributed by atoms with Crippen LogP contribution in [0.3, 0.4) is 0 Å². The van der Waals surface area contributed by atoms with Gasteiger partial charge in [0.25, 0.3) is 0 Å². The summed E-state index contributed by atoms with van der Waals surface area (Å²) >= 11 is 9.04. The highest BCUT2D eigenvalue weighted by molar-refractivity contribution is 9.09. The topological polar surface area (TPSA) is 46.2 Å². The minimum atomic E-state index is -3.40. The standard InChI is InChI=1S/C10H13BrClNO2S/c1-8(11)6-7-13-16(14,15)10-4-2-9(12)3-5-10/h2-5,8,13H,6-7H2,1H3. The van der Waals surface area contributed by atoms with E-state index in [-0.39, 0.29) is 4.90 Å². The van der Waals surface area contributed by atoms with Crippen molar-refractivity contribution in [2.24, 2.45) is 0 Å². The summed E-state index contributed by atoms with van der Waals surface area (Å²) in [5.41, 5.74) is 0. The monoisotopic (exact) mass is 325 g/mol. The van der Waals surface area contributed by atoms with E-state index >= 15 is 0 Å². The minimum Gasteiger partial charge on any atom is -0.211 e. The predicted octanol–water partition coefficient (Wildman–Crippen LogP) is 2.79. The number of halogens is 2. The number of alkyl halides is 1. The van der Waals surface area contributed by atoms with Gasteiger partial charge in [0.05, 0.1) is 4.90 Å². The molecule has 1 rings (SSSR count). The van der Waals surface area contributed by atoms with E-state index in [1.807, 2.05) is 6.92 Å². The molecular formula is C10H13BrClNO2S. The number of hydrogen-bond acceptors (Lipinski definition) is 2. The Morgan fingerprint density at radius 2 is 1.94 bits per heavy atom. The largest absolute Gasteiger partial charge is 0.240 e. The summed E-state index contributed by atoms with van der Waals surface area (Å²) in [5.74, 6) is 0. The quantitative estimate of drug-likeness (QED) is 0.846. The Balaban J connectivity index is 2.67. The fraction of sp³-hybridized carbons (Fsp3) is 0.400. The Bertz CT molecular complexity index is 431. The second-order valence-electron chi connectivity index (χ2n) is 3.42. The molecule has 0 spiro atoms. The Morgan fingerprint density at radius 3 is 2.44 bits per heavy atom. The normalized spacial score (nSPS) is 13.7. The average Bonchev–Trinajstić information content (AvgIpc) is 2.17. The molecule has 0 aromatic heterocycles. The number of sulfonamides is 1. The molecule has 0 radical (unpaired) electrons. The number of nitrogens with one attached hydrogen (secondary N) is 1. The Kier molecular flexibility index (Phi) is 5.24. The summed E-state index contributed by atoms with van der Waals surface area (Å²) in [6, 6.07) is 6.09. The van der Waals surface area contributed by atoms with Gasteiger partial charge in [0.2, 0.25) is 10.0 Å². The lowest BCUT2D eigenvalue weighted by Crippen LogP contribution is -2.25. The third kappa shape index (κ3) is 4.41. The predicted molar refractivity (Wildman–Crippen MR) is 69.6 cm³/mol. The Morgan fingerprint density at radius 1 is 1.38 bits per heavy atom. The van der Waals surface area contributed by atoms with E-state index in [9.17, 15) is 8.42 Å². The molecule has 0 fully saturated rings. The van der Waals surface area contributed by atoms with Gasteiger partial charge in [-0.05, 0) is 30.7 Å². The van der Waals surface area contributed by atoms with E-state index in [1.165, 1.54) is 12.1 Å². The molecule has 0 bridgehead atoms. The van der Waals surface area contributed by atoms with Crippen LogP contribution in [0.15, 0.2) is 29.2 Å². The van der Waals surface area contributed by atoms with E-state index in [2.05, 4.69) is 20.7 Å². The van der Waals surface area contributed by atoms with Crippen molar-refractivity contribution in [2.75, 3.05) is 6.54 Å². The molecule has 0 heterocycles. The molecule has 0 amide bonds. The van der Waals surface area contributed by atoms with Crippen LogP contribution in [0.2, 0.25) is 5.02 Å². The van der Waals surface area contributed by atoms with Crippen molar-refractivity contribution in [3.63, 3.8) is 0 Å². The highest BCUT2D eigenvalue weighted by Gasteiger charge is 2.12. The second-order valence-corrected chi connectivity index (χ2v) is 7.19. The molecule has 16 heavy (non-hydrogen) atoms. The van der Waals surface area contributed by atoms with Gasteiger partial charge in [-0.3, -0.25) is 0 Å². The zero-order chi connectivity index (χ0) is 12.2. The van der Waals surface area contributed by atoms with Crippen LogP contribution in [-0.4, -0.2) is 19.8 Å². The van der Waals surface area contributed by atoms with E-state index in [0.29, 0.717) is 16.4 Å². The molecule has 1 atom stereocenters. The molecule has 1 N–H and O–H groups in total. The van der Waals surface area contributed by atoms with Crippen LogP contribution < -0.4 is 4.72 Å². The van der Waals surface area contributed by atoms with Gasteiger partial charge in [0, 0.05) is 16.4 Å². The van der Waals surface area contributed by atoms with Crippen molar-refractivity contribution < 1.29 is 8.42 Å². The summed E-state index contributed by atoms with van der Waals surface area (Å²) < 4.78 is 26.0. The zero-order valence-electron chi connectivity index (χ0n) is 8.78. The fourth-order valence-corrected chi connectivity index (χ4v) is 2.49. The zero-order valence-corrected chi connectivity index (χ0v) is 11.9. The van der Waals surface area contributed by atoms with Gasteiger partial charge < -0.3 is 0 Å². The lowest BCUT2D eigenvalue weighted by Gasteiger charge is -2.07. The van der Waals surface area contributed by atoms with Gasteiger partial charge in [-0.25, -0.2) is 13.1 Å². The first-order valence-corrected chi connectivity index (χ1v) is 7.59. The van der Waals surface area contributed by atoms with Crippen LogP contribution in [0, 0.1) is 0 Å². The third-order valence-electron chi connectivity index (χ3n) is 1.96. The highest BCUT2D eigenvalue weighted by Crippen LogP contribution is 2.14. The van der Waals surface area contributed by atoms with Crippen molar-refractivity contribution in [1.29, 1.82) is 0 Å². The Hall–Kier alpha value is -0.100. The van der Waals surface area contributed by atoms with E-state index < -0.39 is 10.0 Å². The van der Waals surface area contributed by atoms with Crippen molar-refractivity contribution in [2.45, 2.75) is 23.1 Å². The molecule has 0 saturated heterocycles. The first-order chi connectivity index (χ1) is 7.42. The maximum Gasteiger partial charge on any atom is 0.240 e. The maximum absolute atomic E-state index is 11.8. The molecule has 1 aromatic carbocycles. The molecule has 0 aliphatic rings. The summed E-state index contributed by atoms with van der Waals surface area (Å²) in [4.78, 5) is 0.527. The first-order valence-electron chi connectivity index (χ1n) is 4.81. The molecule has 90 valence electrons. The van der Waals surface area contributed by atoms with Crippen LogP contribution in [-0.2, 0) is 10.0 Å². The molecule has 0 aliphatic heterocycles. The molecule has 1 unspecified atom stereocenters. The first kappa shape index (κ1) is 14.0. The molecule has 6 heteroatoms. The summed E-state index contributed by atoms with van der Waals surface area (Å²) in [7, 11) is -3.40. The third-order valence-corrected chi connectivity index (χ3v) is 4.14. The van der Waals surface area contributed by atoms with Gasteiger partial charge in [-0.15, -0.1) is 0 Å². The van der Waals surface area contributed by atoms with E-state index in [4.69, 9.17) is 11.6 Å². The SMILES string of the molecule is CC(Br)CCNS(=O)(=O)c1ccc(Cl)cc1. The number of hydrogen-bond donors (Lipinski definition) is 1. The smallest absolute Gasteiger partial charge is 0.211 e. The lowest BCUT2D eigenvalue weighted by atomic mass is 10.3. The van der Waals surface area contributed by atoms with Crippen LogP contribution >= 0.6 is 27.5 Å². The number of benzene rings is 1. The summed E-state index contributed by atoms with van der Waals surface area (Å²) in [5, 5.41) is 0.521. The van der Waals surface area contributed by atoms with Crippen LogP contribution in [0.1, 0.15) is 13.3 Å². The summed E-state index contributed by atoms with van der Waals surface area (Å²) in [6.07, 6.45) is 0.743. The maximum atomic E-state index is 11.8. The molecule has 1 aromatic rings. The van der Waals surface area contributed by atoms with Gasteiger partial charge in [-0.2, -0.15) is 0 Å². The summed E-state index contributed by atoms with van der Waals surface area (Å²) in [6.45, 7) is 2.38. The molecule has 0 saturated carbocycles. The van der Waals surface area contributed by atoms with Crippen LogP contribution in [0.25, 0.3) is 0 Å². The van der Waals surface area contributed by atoms with Crippen molar-refractivity contribution in [1.82, 2.24) is 4.72 Å². The fourth-order valence-electron chi connectivity index (χ4n) is 1.09. The minimum absolute atomic E-state index is 0.235. The van der Waals surface area contributed by atoms with Gasteiger partial charge >= 0.3 is 0 Å². The van der Waals surface area contributed by atoms with Gasteiger partial charge in [-0.1, -0.05) is 34.5 Å². The molecule has 0 aliphatic carbocycles. The Labute approximate surface area is 109 Å². The van der Waals surface area contributed by atoms with E-state index in [1.54, 1.807) is 12.1 Å². The van der Waals surface area contributed by atoms with Crippen molar-refractivity contribution >= 4 is 37.6 Å². The molecular weight excluding hydrogens is 314 g/mol. The average molecular weight is 327 g/mol. The lowest BCUT2D eigenvalue weighted by molar-refractivity contribution is 0.579.